The molecule has 1 aliphatic heterocycles. The van der Waals surface area contributed by atoms with Crippen LogP contribution in [0.2, 0.25) is 0 Å². The van der Waals surface area contributed by atoms with Gasteiger partial charge in [-0.3, -0.25) is 0 Å². The summed E-state index contributed by atoms with van der Waals surface area (Å²) in [5.41, 5.74) is 0.0847. The number of ether oxygens (including phenoxy) is 1. The number of carbonyl (C=O) groups is 1. The Morgan fingerprint density at radius 3 is 3.06 bits per heavy atom. The number of carboxylic acid groups (broad SMARTS) is 1. The molecule has 2 rings (SSSR count). The SMILES string of the molecule is O=C(O)c1ccc(SCC2CCCO2)cn1. The predicted octanol–water partition coefficient (Wildman–Crippen LogP) is 2.05. The van der Waals surface area contributed by atoms with E-state index in [1.54, 1.807) is 24.0 Å². The Hall–Kier alpha value is -1.07. The lowest BCUT2D eigenvalue weighted by atomic mass is 10.3. The van der Waals surface area contributed by atoms with Gasteiger partial charge in [0.1, 0.15) is 5.69 Å². The van der Waals surface area contributed by atoms with Crippen molar-refractivity contribution in [2.75, 3.05) is 12.4 Å². The minimum atomic E-state index is -0.990. The average molecular weight is 239 g/mol. The number of thioether (sulfide) groups is 1. The van der Waals surface area contributed by atoms with Gasteiger partial charge in [-0.2, -0.15) is 0 Å². The largest absolute Gasteiger partial charge is 0.477 e. The van der Waals surface area contributed by atoms with Crippen LogP contribution in [0.5, 0.6) is 0 Å². The molecule has 0 spiro atoms. The van der Waals surface area contributed by atoms with Crippen LogP contribution < -0.4 is 0 Å². The van der Waals surface area contributed by atoms with Crippen LogP contribution in [0.1, 0.15) is 23.3 Å². The molecule has 0 aliphatic carbocycles. The number of nitrogens with zero attached hydrogens (tertiary/aromatic N) is 1. The predicted molar refractivity (Wildman–Crippen MR) is 60.9 cm³/mol. The molecule has 0 amide bonds. The lowest BCUT2D eigenvalue weighted by Crippen LogP contribution is -2.07. The minimum absolute atomic E-state index is 0.0847. The van der Waals surface area contributed by atoms with Crippen LogP contribution in [0.15, 0.2) is 23.2 Å². The molecule has 1 aromatic rings. The van der Waals surface area contributed by atoms with Crippen molar-refractivity contribution in [3.8, 4) is 0 Å². The van der Waals surface area contributed by atoms with Crippen molar-refractivity contribution in [1.82, 2.24) is 4.98 Å². The van der Waals surface area contributed by atoms with Gasteiger partial charge in [-0.25, -0.2) is 9.78 Å². The van der Waals surface area contributed by atoms with Gasteiger partial charge in [0.2, 0.25) is 0 Å². The van der Waals surface area contributed by atoms with Crippen molar-refractivity contribution >= 4 is 17.7 Å². The summed E-state index contributed by atoms with van der Waals surface area (Å²) in [6.45, 7) is 0.863. The third-order valence-electron chi connectivity index (χ3n) is 2.42. The molecule has 5 heteroatoms. The topological polar surface area (TPSA) is 59.4 Å². The van der Waals surface area contributed by atoms with E-state index in [0.29, 0.717) is 6.10 Å². The summed E-state index contributed by atoms with van der Waals surface area (Å²) in [5, 5.41) is 8.69. The average Bonchev–Trinajstić information content (AvgIpc) is 2.80. The van der Waals surface area contributed by atoms with Crippen LogP contribution in [-0.2, 0) is 4.74 Å². The summed E-state index contributed by atoms with van der Waals surface area (Å²) in [4.78, 5) is 15.4. The fourth-order valence-electron chi connectivity index (χ4n) is 1.56. The first kappa shape index (κ1) is 11.4. The molecule has 16 heavy (non-hydrogen) atoms. The normalized spacial score (nSPS) is 19.9. The smallest absolute Gasteiger partial charge is 0.354 e. The molecule has 1 aliphatic rings. The molecule has 0 bridgehead atoms. The zero-order chi connectivity index (χ0) is 11.4. The summed E-state index contributed by atoms with van der Waals surface area (Å²) in [7, 11) is 0. The third kappa shape index (κ3) is 2.96. The number of aromatic nitrogens is 1. The molecule has 2 heterocycles. The molecule has 1 aromatic heterocycles. The number of carboxylic acids is 1. The van der Waals surface area contributed by atoms with Crippen molar-refractivity contribution < 1.29 is 14.6 Å². The quantitative estimate of drug-likeness (QED) is 0.815. The molecular weight excluding hydrogens is 226 g/mol. The minimum Gasteiger partial charge on any atom is -0.477 e. The van der Waals surface area contributed by atoms with Crippen molar-refractivity contribution in [2.24, 2.45) is 0 Å². The second-order valence-corrected chi connectivity index (χ2v) is 4.72. The summed E-state index contributed by atoms with van der Waals surface area (Å²) in [6, 6.07) is 3.32. The molecular formula is C11H13NO3S. The third-order valence-corrected chi connectivity index (χ3v) is 3.53. The number of hydrogen-bond donors (Lipinski definition) is 1. The lowest BCUT2D eigenvalue weighted by Gasteiger charge is -2.08. The van der Waals surface area contributed by atoms with E-state index >= 15 is 0 Å². The molecule has 1 unspecified atom stereocenters. The molecule has 86 valence electrons. The van der Waals surface area contributed by atoms with E-state index in [-0.39, 0.29) is 5.69 Å². The van der Waals surface area contributed by atoms with Crippen LogP contribution >= 0.6 is 11.8 Å². The molecule has 0 radical (unpaired) electrons. The molecule has 1 atom stereocenters. The van der Waals surface area contributed by atoms with Crippen molar-refractivity contribution in [3.05, 3.63) is 24.0 Å². The number of hydrogen-bond acceptors (Lipinski definition) is 4. The fraction of sp³-hybridized carbons (Fsp3) is 0.455. The maximum Gasteiger partial charge on any atom is 0.354 e. The Morgan fingerprint density at radius 1 is 1.62 bits per heavy atom. The van der Waals surface area contributed by atoms with Gasteiger partial charge in [-0.15, -0.1) is 11.8 Å². The Labute approximate surface area is 98.0 Å². The summed E-state index contributed by atoms with van der Waals surface area (Å²) in [5.74, 6) is -0.0793. The van der Waals surface area contributed by atoms with Gasteiger partial charge in [0, 0.05) is 23.5 Å². The van der Waals surface area contributed by atoms with Crippen LogP contribution in [0.3, 0.4) is 0 Å². The molecule has 4 nitrogen and oxygen atoms in total. The Kier molecular flexibility index (Phi) is 3.79. The van der Waals surface area contributed by atoms with Crippen LogP contribution in [-0.4, -0.2) is 34.5 Å². The van der Waals surface area contributed by atoms with Crippen LogP contribution in [0.4, 0.5) is 0 Å². The number of pyridine rings is 1. The van der Waals surface area contributed by atoms with Gasteiger partial charge >= 0.3 is 5.97 Å². The van der Waals surface area contributed by atoms with E-state index in [4.69, 9.17) is 9.84 Å². The van der Waals surface area contributed by atoms with E-state index in [1.165, 1.54) is 6.07 Å². The van der Waals surface area contributed by atoms with Crippen LogP contribution in [0, 0.1) is 0 Å². The molecule has 1 N–H and O–H groups in total. The van der Waals surface area contributed by atoms with Crippen LogP contribution in [0.25, 0.3) is 0 Å². The Balaban J connectivity index is 1.87. The van der Waals surface area contributed by atoms with Gasteiger partial charge in [-0.1, -0.05) is 0 Å². The van der Waals surface area contributed by atoms with Crippen molar-refractivity contribution in [1.29, 1.82) is 0 Å². The number of rotatable bonds is 4. The van der Waals surface area contributed by atoms with E-state index in [9.17, 15) is 4.79 Å². The van der Waals surface area contributed by atoms with Gasteiger partial charge in [0.05, 0.1) is 6.10 Å². The highest BCUT2D eigenvalue weighted by Crippen LogP contribution is 2.23. The highest BCUT2D eigenvalue weighted by atomic mass is 32.2. The molecule has 0 aromatic carbocycles. The maximum atomic E-state index is 10.6. The van der Waals surface area contributed by atoms with Crippen molar-refractivity contribution in [2.45, 2.75) is 23.8 Å². The van der Waals surface area contributed by atoms with E-state index in [2.05, 4.69) is 4.98 Å². The van der Waals surface area contributed by atoms with Gasteiger partial charge in [0.15, 0.2) is 0 Å². The zero-order valence-corrected chi connectivity index (χ0v) is 9.57. The first-order valence-corrected chi connectivity index (χ1v) is 6.18. The number of aromatic carboxylic acids is 1. The van der Waals surface area contributed by atoms with Gasteiger partial charge in [0.25, 0.3) is 0 Å². The van der Waals surface area contributed by atoms with E-state index in [0.717, 1.165) is 30.1 Å². The first-order valence-electron chi connectivity index (χ1n) is 5.19. The standard InChI is InChI=1S/C11H13NO3S/c13-11(14)10-4-3-9(6-12-10)16-7-8-2-1-5-15-8/h3-4,6,8H,1-2,5,7H2,(H,13,14). The molecule has 1 fully saturated rings. The van der Waals surface area contributed by atoms with Crippen molar-refractivity contribution in [3.63, 3.8) is 0 Å². The van der Waals surface area contributed by atoms with Gasteiger partial charge < -0.3 is 9.84 Å². The zero-order valence-electron chi connectivity index (χ0n) is 8.76. The Bertz CT molecular complexity index is 360. The van der Waals surface area contributed by atoms with Gasteiger partial charge in [-0.05, 0) is 25.0 Å². The van der Waals surface area contributed by atoms with E-state index in [1.807, 2.05) is 0 Å². The monoisotopic (exact) mass is 239 g/mol. The maximum absolute atomic E-state index is 10.6. The Morgan fingerprint density at radius 2 is 2.50 bits per heavy atom. The second kappa shape index (κ2) is 5.32. The molecule has 1 saturated heterocycles. The lowest BCUT2D eigenvalue weighted by molar-refractivity contribution is 0.0690. The molecule has 0 saturated carbocycles. The highest BCUT2D eigenvalue weighted by molar-refractivity contribution is 7.99. The summed E-state index contributed by atoms with van der Waals surface area (Å²) in [6.07, 6.45) is 4.20. The fourth-order valence-corrected chi connectivity index (χ4v) is 2.49. The summed E-state index contributed by atoms with van der Waals surface area (Å²) < 4.78 is 5.50. The van der Waals surface area contributed by atoms with E-state index < -0.39 is 5.97 Å². The highest BCUT2D eigenvalue weighted by Gasteiger charge is 2.15. The summed E-state index contributed by atoms with van der Waals surface area (Å²) >= 11 is 1.66. The second-order valence-electron chi connectivity index (χ2n) is 3.63. The first-order chi connectivity index (χ1) is 7.75.